The summed E-state index contributed by atoms with van der Waals surface area (Å²) >= 11 is 5.11. The average Bonchev–Trinajstić information content (AvgIpc) is 2.66. The number of esters is 2. The van der Waals surface area contributed by atoms with E-state index in [1.807, 2.05) is 0 Å². The van der Waals surface area contributed by atoms with E-state index in [4.69, 9.17) is 0 Å². The van der Waals surface area contributed by atoms with Gasteiger partial charge in [-0.05, 0) is 20.8 Å². The molecule has 0 N–H and O–H groups in total. The summed E-state index contributed by atoms with van der Waals surface area (Å²) in [7, 11) is 0. The van der Waals surface area contributed by atoms with Gasteiger partial charge in [0.1, 0.15) is 10.4 Å². The predicted molar refractivity (Wildman–Crippen MR) is 107 cm³/mol. The molecule has 2 atom stereocenters. The number of ether oxygens (including phenoxy) is 3. The molecular weight excluding hydrogens is 615 g/mol. The van der Waals surface area contributed by atoms with E-state index in [0.29, 0.717) is 0 Å². The van der Waals surface area contributed by atoms with E-state index < -0.39 is 53.4 Å². The van der Waals surface area contributed by atoms with Crippen molar-refractivity contribution in [2.24, 2.45) is 5.92 Å². The normalized spacial score (nSPS) is 13.4. The summed E-state index contributed by atoms with van der Waals surface area (Å²) in [6.45, 7) is 6.26. The van der Waals surface area contributed by atoms with Crippen molar-refractivity contribution in [2.45, 2.75) is 44.1 Å². The van der Waals surface area contributed by atoms with Gasteiger partial charge >= 0.3 is 30.5 Å². The predicted octanol–water partition coefficient (Wildman–Crippen LogP) is 6.14. The lowest BCUT2D eigenvalue weighted by molar-refractivity contribution is -0.206. The summed E-state index contributed by atoms with van der Waals surface area (Å²) in [6, 6.07) is 0. The molecular formula is C17H23Br2F9O5. The van der Waals surface area contributed by atoms with Crippen LogP contribution in [0, 0.1) is 5.92 Å². The third-order valence-corrected chi connectivity index (χ3v) is 5.17. The Bertz CT molecular complexity index is 579. The van der Waals surface area contributed by atoms with E-state index in [2.05, 4.69) is 52.6 Å². The molecule has 0 aliphatic carbocycles. The number of hydrogen-bond acceptors (Lipinski definition) is 5. The largest absolute Gasteiger partial charge is 0.465 e. The van der Waals surface area contributed by atoms with Crippen LogP contribution in [0.5, 0.6) is 0 Å². The SMILES string of the molecule is C=C(C(=O)OCC)C(F)(F)F.CCOCC(C(=O)OCC)C(F)(F)F.FC(F)(F)C(Br)CBr. The van der Waals surface area contributed by atoms with Crippen molar-refractivity contribution in [1.29, 1.82) is 0 Å². The topological polar surface area (TPSA) is 61.8 Å². The molecule has 5 nitrogen and oxygen atoms in total. The number of rotatable bonds is 8. The average molecular weight is 638 g/mol. The highest BCUT2D eigenvalue weighted by atomic mass is 79.9. The van der Waals surface area contributed by atoms with Crippen molar-refractivity contribution < 1.29 is 63.3 Å². The molecule has 0 aromatic rings. The first-order chi connectivity index (χ1) is 14.8. The molecule has 0 radical (unpaired) electrons. The van der Waals surface area contributed by atoms with Crippen LogP contribution in [-0.2, 0) is 23.8 Å². The Kier molecular flexibility index (Phi) is 19.3. The number of hydrogen-bond donors (Lipinski definition) is 0. The van der Waals surface area contributed by atoms with Gasteiger partial charge in [0.2, 0.25) is 0 Å². The van der Waals surface area contributed by atoms with E-state index in [-0.39, 0.29) is 25.2 Å². The molecule has 0 fully saturated rings. The lowest BCUT2D eigenvalue weighted by Gasteiger charge is -2.17. The maximum absolute atomic E-state index is 12.2. The fourth-order valence-corrected chi connectivity index (χ4v) is 1.56. The van der Waals surface area contributed by atoms with Crippen LogP contribution in [0.4, 0.5) is 39.5 Å². The van der Waals surface area contributed by atoms with Crippen LogP contribution in [-0.4, -0.2) is 67.1 Å². The van der Waals surface area contributed by atoms with Crippen LogP contribution in [0.15, 0.2) is 12.2 Å². The summed E-state index contributed by atoms with van der Waals surface area (Å²) in [5.41, 5.74) is -1.47. The van der Waals surface area contributed by atoms with Crippen molar-refractivity contribution in [3.63, 3.8) is 0 Å². The lowest BCUT2D eigenvalue weighted by atomic mass is 10.1. The van der Waals surface area contributed by atoms with Crippen LogP contribution < -0.4 is 0 Å². The number of halogens is 11. The minimum Gasteiger partial charge on any atom is -0.465 e. The molecule has 16 heteroatoms. The van der Waals surface area contributed by atoms with Crippen LogP contribution in [0.3, 0.4) is 0 Å². The van der Waals surface area contributed by atoms with Gasteiger partial charge < -0.3 is 14.2 Å². The zero-order valence-electron chi connectivity index (χ0n) is 17.6. The molecule has 0 saturated heterocycles. The van der Waals surface area contributed by atoms with Gasteiger partial charge in [-0.2, -0.15) is 39.5 Å². The quantitative estimate of drug-likeness (QED) is 0.139. The second kappa shape index (κ2) is 17.4. The third kappa shape index (κ3) is 19.0. The van der Waals surface area contributed by atoms with Crippen molar-refractivity contribution in [3.05, 3.63) is 12.2 Å². The molecule has 198 valence electrons. The molecule has 2 unspecified atom stereocenters. The van der Waals surface area contributed by atoms with Gasteiger partial charge in [-0.15, -0.1) is 0 Å². The van der Waals surface area contributed by atoms with E-state index >= 15 is 0 Å². The first-order valence-corrected chi connectivity index (χ1v) is 10.9. The molecule has 0 aliphatic heterocycles. The second-order valence-corrected chi connectivity index (χ2v) is 7.12. The summed E-state index contributed by atoms with van der Waals surface area (Å²) in [5.74, 6) is -4.88. The standard InChI is InChI=1S/C8H13F3O3.C6H7F3O2.C3H3Br2F3/c1-3-13-5-6(8(9,10)11)7(12)14-4-2;1-3-11-5(10)4(2)6(7,8)9;4-1-2(5)3(6,7)8/h6H,3-5H2,1-2H3;2-3H2,1H3;2H,1H2. The van der Waals surface area contributed by atoms with Gasteiger partial charge in [-0.1, -0.05) is 38.4 Å². The molecule has 0 bridgehead atoms. The molecule has 0 spiro atoms. The van der Waals surface area contributed by atoms with Gasteiger partial charge in [0.25, 0.3) is 0 Å². The summed E-state index contributed by atoms with van der Waals surface area (Å²) < 4.78 is 119. The summed E-state index contributed by atoms with van der Waals surface area (Å²) in [6.07, 6.45) is -13.4. The van der Waals surface area contributed by atoms with Gasteiger partial charge in [0.15, 0.2) is 5.92 Å². The van der Waals surface area contributed by atoms with Gasteiger partial charge in [-0.3, -0.25) is 4.79 Å². The summed E-state index contributed by atoms with van der Waals surface area (Å²) in [5, 5.41) is -0.101. The van der Waals surface area contributed by atoms with Crippen molar-refractivity contribution in [1.82, 2.24) is 0 Å². The van der Waals surface area contributed by atoms with Gasteiger partial charge in [-0.25, -0.2) is 4.79 Å². The van der Waals surface area contributed by atoms with E-state index in [0.717, 1.165) is 0 Å². The Morgan fingerprint density at radius 3 is 1.55 bits per heavy atom. The molecule has 0 heterocycles. The monoisotopic (exact) mass is 636 g/mol. The minimum atomic E-state index is -4.69. The first kappa shape index (κ1) is 36.5. The van der Waals surface area contributed by atoms with Gasteiger partial charge in [0.05, 0.1) is 19.8 Å². The zero-order chi connectivity index (χ0) is 27.0. The number of carbonyl (C=O) groups excluding carboxylic acids is 2. The maximum Gasteiger partial charge on any atom is 0.422 e. The highest BCUT2D eigenvalue weighted by Crippen LogP contribution is 2.28. The minimum absolute atomic E-state index is 0.0719. The number of alkyl halides is 11. The smallest absolute Gasteiger partial charge is 0.422 e. The van der Waals surface area contributed by atoms with Crippen LogP contribution in [0.25, 0.3) is 0 Å². The van der Waals surface area contributed by atoms with Crippen molar-refractivity contribution in [2.75, 3.05) is 31.8 Å². The van der Waals surface area contributed by atoms with Crippen molar-refractivity contribution >= 4 is 43.8 Å². The Morgan fingerprint density at radius 2 is 1.30 bits per heavy atom. The fraction of sp³-hybridized carbons (Fsp3) is 0.765. The Balaban J connectivity index is -0.000000426. The van der Waals surface area contributed by atoms with Crippen LogP contribution in [0.1, 0.15) is 20.8 Å². The highest BCUT2D eigenvalue weighted by molar-refractivity contribution is 9.12. The summed E-state index contributed by atoms with van der Waals surface area (Å²) in [4.78, 5) is 19.8. The van der Waals surface area contributed by atoms with E-state index in [1.165, 1.54) is 13.8 Å². The molecule has 0 rings (SSSR count). The van der Waals surface area contributed by atoms with Crippen LogP contribution >= 0.6 is 31.9 Å². The second-order valence-electron chi connectivity index (χ2n) is 5.37. The molecule has 0 aromatic heterocycles. The molecule has 0 aromatic carbocycles. The van der Waals surface area contributed by atoms with E-state index in [1.54, 1.807) is 6.92 Å². The third-order valence-electron chi connectivity index (χ3n) is 2.81. The molecule has 0 amide bonds. The molecule has 0 aliphatic rings. The Hall–Kier alpha value is -1.03. The Morgan fingerprint density at radius 1 is 0.848 bits per heavy atom. The van der Waals surface area contributed by atoms with E-state index in [9.17, 15) is 49.1 Å². The van der Waals surface area contributed by atoms with Crippen LogP contribution in [0.2, 0.25) is 0 Å². The maximum atomic E-state index is 12.2. The molecule has 0 saturated carbocycles. The zero-order valence-corrected chi connectivity index (χ0v) is 20.8. The first-order valence-electron chi connectivity index (χ1n) is 8.81. The van der Waals surface area contributed by atoms with Crippen molar-refractivity contribution in [3.8, 4) is 0 Å². The Labute approximate surface area is 201 Å². The fourth-order valence-electron chi connectivity index (χ4n) is 1.20. The number of carbonyl (C=O) groups is 2. The lowest BCUT2D eigenvalue weighted by Crippen LogP contribution is -2.36. The van der Waals surface area contributed by atoms with Gasteiger partial charge in [0, 0.05) is 11.9 Å². The highest BCUT2D eigenvalue weighted by Gasteiger charge is 2.46. The molecule has 33 heavy (non-hydrogen) atoms.